The molecule has 0 rings (SSSR count). The molecule has 8 heteroatoms. The van der Waals surface area contributed by atoms with Gasteiger partial charge in [-0.05, 0) is 57.8 Å². The highest BCUT2D eigenvalue weighted by atomic mass is 16.6. The Kier molecular flexibility index (Phi) is 37.8. The van der Waals surface area contributed by atoms with E-state index in [9.17, 15) is 19.5 Å². The quantitative estimate of drug-likeness (QED) is 0.0263. The SMILES string of the molecule is CC/C=C/C/C=C/C/C=C/C/C=C/C/C=C/CCCCCCCCCC(=O)OC(COCCC(C(=O)[O-])[N+](C)(C)C)COC(=O)CCCCCCCCCCCC. The largest absolute Gasteiger partial charge is 0.544 e. The van der Waals surface area contributed by atoms with Gasteiger partial charge in [-0.25, -0.2) is 0 Å². The summed E-state index contributed by atoms with van der Waals surface area (Å²) in [7, 11) is 5.40. The monoisotopic (exact) mass is 800 g/mol. The van der Waals surface area contributed by atoms with Crippen molar-refractivity contribution in [3.05, 3.63) is 60.8 Å². The van der Waals surface area contributed by atoms with Crippen molar-refractivity contribution in [3.8, 4) is 0 Å². The van der Waals surface area contributed by atoms with Gasteiger partial charge in [-0.1, -0.05) is 164 Å². The van der Waals surface area contributed by atoms with E-state index in [0.29, 0.717) is 12.8 Å². The van der Waals surface area contributed by atoms with Crippen LogP contribution in [0.1, 0.15) is 181 Å². The van der Waals surface area contributed by atoms with Crippen LogP contribution in [-0.2, 0) is 28.6 Å². The molecule has 0 aromatic carbocycles. The molecule has 0 amide bonds. The predicted molar refractivity (Wildman–Crippen MR) is 236 cm³/mol. The van der Waals surface area contributed by atoms with Crippen LogP contribution in [0.15, 0.2) is 60.8 Å². The Labute approximate surface area is 349 Å². The van der Waals surface area contributed by atoms with Gasteiger partial charge in [0.1, 0.15) is 12.6 Å². The minimum Gasteiger partial charge on any atom is -0.544 e. The average Bonchev–Trinajstić information content (AvgIpc) is 3.17. The molecule has 0 spiro atoms. The molecule has 0 heterocycles. The number of carboxylic acid groups (broad SMARTS) is 1. The lowest BCUT2D eigenvalue weighted by Gasteiger charge is -2.34. The first-order valence-electron chi connectivity index (χ1n) is 22.8. The minimum absolute atomic E-state index is 0.0355. The van der Waals surface area contributed by atoms with Gasteiger partial charge in [0.2, 0.25) is 0 Å². The Balaban J connectivity index is 4.28. The standard InChI is InChI=1S/C49H85NO7/c1-6-8-10-12-14-16-18-19-20-21-22-23-24-25-26-27-28-29-30-32-34-36-38-40-48(52)57-45(43-55-42-41-46(49(53)54)50(3,4)5)44-56-47(51)39-37-35-33-31-17-15-13-11-9-7-2/h8,10,14,16,19-20,22-23,25-26,45-46H,6-7,9,11-13,15,17-18,21,24,27-44H2,1-5H3/b10-8+,16-14+,20-19+,23-22+,26-25+. The Hall–Kier alpha value is -2.97. The summed E-state index contributed by atoms with van der Waals surface area (Å²) in [6.45, 7) is 4.52. The van der Waals surface area contributed by atoms with E-state index >= 15 is 0 Å². The molecule has 0 aliphatic heterocycles. The summed E-state index contributed by atoms with van der Waals surface area (Å²) >= 11 is 0. The zero-order valence-electron chi connectivity index (χ0n) is 37.2. The van der Waals surface area contributed by atoms with Crippen molar-refractivity contribution < 1.29 is 38.2 Å². The van der Waals surface area contributed by atoms with Crippen LogP contribution >= 0.6 is 0 Å². The van der Waals surface area contributed by atoms with E-state index < -0.39 is 18.1 Å². The molecule has 0 saturated carbocycles. The normalized spacial score (nSPS) is 13.5. The lowest BCUT2D eigenvalue weighted by atomic mass is 10.1. The molecule has 2 atom stereocenters. The number of ether oxygens (including phenoxy) is 3. The van der Waals surface area contributed by atoms with Crippen LogP contribution in [0.4, 0.5) is 0 Å². The highest BCUT2D eigenvalue weighted by Gasteiger charge is 2.25. The van der Waals surface area contributed by atoms with E-state index in [0.717, 1.165) is 83.5 Å². The summed E-state index contributed by atoms with van der Waals surface area (Å²) < 4.78 is 17.1. The van der Waals surface area contributed by atoms with Crippen molar-refractivity contribution in [3.63, 3.8) is 0 Å². The van der Waals surface area contributed by atoms with Crippen molar-refractivity contribution in [2.75, 3.05) is 41.0 Å². The number of esters is 2. The zero-order chi connectivity index (χ0) is 42.1. The first kappa shape index (κ1) is 54.0. The minimum atomic E-state index is -1.13. The number of nitrogens with zero attached hydrogens (tertiary/aromatic N) is 1. The number of quaternary nitrogens is 1. The highest BCUT2D eigenvalue weighted by Crippen LogP contribution is 2.14. The van der Waals surface area contributed by atoms with Gasteiger partial charge in [0.05, 0.1) is 40.3 Å². The number of hydrogen-bond acceptors (Lipinski definition) is 7. The molecule has 0 aromatic heterocycles. The molecular weight excluding hydrogens is 715 g/mol. The summed E-state index contributed by atoms with van der Waals surface area (Å²) in [5, 5.41) is 11.6. The molecule has 0 saturated heterocycles. The molecular formula is C49H85NO7. The molecule has 0 bridgehead atoms. The van der Waals surface area contributed by atoms with Crippen LogP contribution in [0.25, 0.3) is 0 Å². The van der Waals surface area contributed by atoms with Crippen molar-refractivity contribution in [2.24, 2.45) is 0 Å². The number of carbonyl (C=O) groups is 3. The number of allylic oxidation sites excluding steroid dienone is 10. The van der Waals surface area contributed by atoms with Gasteiger partial charge in [0.15, 0.2) is 6.10 Å². The lowest BCUT2D eigenvalue weighted by Crippen LogP contribution is -2.55. The van der Waals surface area contributed by atoms with E-state index in [2.05, 4.69) is 74.6 Å². The zero-order valence-corrected chi connectivity index (χ0v) is 37.2. The number of hydrogen-bond donors (Lipinski definition) is 0. The van der Waals surface area contributed by atoms with Gasteiger partial charge >= 0.3 is 11.9 Å². The number of carbonyl (C=O) groups excluding carboxylic acids is 3. The molecule has 0 fully saturated rings. The van der Waals surface area contributed by atoms with Crippen molar-refractivity contribution >= 4 is 17.9 Å². The third-order valence-corrected chi connectivity index (χ3v) is 9.92. The molecule has 2 unspecified atom stereocenters. The van der Waals surface area contributed by atoms with Gasteiger partial charge in [-0.15, -0.1) is 0 Å². The highest BCUT2D eigenvalue weighted by molar-refractivity contribution is 5.70. The second-order valence-corrected chi connectivity index (χ2v) is 16.3. The van der Waals surface area contributed by atoms with Crippen LogP contribution < -0.4 is 5.11 Å². The predicted octanol–water partition coefficient (Wildman–Crippen LogP) is 11.2. The van der Waals surface area contributed by atoms with Crippen molar-refractivity contribution in [1.82, 2.24) is 0 Å². The van der Waals surface area contributed by atoms with Crippen LogP contribution in [-0.4, -0.2) is 75.5 Å². The first-order valence-corrected chi connectivity index (χ1v) is 22.8. The van der Waals surface area contributed by atoms with Crippen LogP contribution in [0.3, 0.4) is 0 Å². The van der Waals surface area contributed by atoms with Crippen molar-refractivity contribution in [2.45, 2.75) is 193 Å². The number of rotatable bonds is 40. The Morgan fingerprint density at radius 1 is 0.544 bits per heavy atom. The molecule has 0 aromatic rings. The molecule has 328 valence electrons. The van der Waals surface area contributed by atoms with Crippen LogP contribution in [0.5, 0.6) is 0 Å². The summed E-state index contributed by atoms with van der Waals surface area (Å²) in [6.07, 6.45) is 48.2. The second kappa shape index (κ2) is 39.8. The Bertz CT molecular complexity index is 1120. The number of likely N-dealkylation sites (N-methyl/N-ethyl adjacent to an activating group) is 1. The number of unbranched alkanes of at least 4 members (excludes halogenated alkanes) is 16. The molecule has 0 aliphatic carbocycles. The third kappa shape index (κ3) is 38.3. The number of carboxylic acids is 1. The maximum Gasteiger partial charge on any atom is 0.306 e. The fraction of sp³-hybridized carbons (Fsp3) is 0.735. The Morgan fingerprint density at radius 2 is 0.982 bits per heavy atom. The molecule has 0 N–H and O–H groups in total. The Morgan fingerprint density at radius 3 is 1.46 bits per heavy atom. The van der Waals surface area contributed by atoms with E-state index in [1.807, 2.05) is 0 Å². The molecule has 0 aliphatic rings. The van der Waals surface area contributed by atoms with Crippen LogP contribution in [0, 0.1) is 0 Å². The average molecular weight is 800 g/mol. The summed E-state index contributed by atoms with van der Waals surface area (Å²) in [6, 6.07) is -0.728. The number of aliphatic carboxylic acids is 1. The van der Waals surface area contributed by atoms with E-state index in [4.69, 9.17) is 14.2 Å². The molecule has 8 nitrogen and oxygen atoms in total. The fourth-order valence-corrected chi connectivity index (χ4v) is 6.39. The van der Waals surface area contributed by atoms with Gasteiger partial charge in [-0.3, -0.25) is 9.59 Å². The van der Waals surface area contributed by atoms with E-state index in [-0.39, 0.29) is 42.7 Å². The van der Waals surface area contributed by atoms with Gasteiger partial charge < -0.3 is 28.6 Å². The fourth-order valence-electron chi connectivity index (χ4n) is 6.39. The lowest BCUT2D eigenvalue weighted by molar-refractivity contribution is -0.889. The van der Waals surface area contributed by atoms with Crippen LogP contribution in [0.2, 0.25) is 0 Å². The van der Waals surface area contributed by atoms with Gasteiger partial charge in [0, 0.05) is 19.3 Å². The maximum absolute atomic E-state index is 12.7. The summed E-state index contributed by atoms with van der Waals surface area (Å²) in [5.74, 6) is -1.75. The third-order valence-electron chi connectivity index (χ3n) is 9.92. The topological polar surface area (TPSA) is 102 Å². The molecule has 57 heavy (non-hydrogen) atoms. The second-order valence-electron chi connectivity index (χ2n) is 16.3. The smallest absolute Gasteiger partial charge is 0.306 e. The van der Waals surface area contributed by atoms with Crippen molar-refractivity contribution in [1.29, 1.82) is 0 Å². The van der Waals surface area contributed by atoms with Gasteiger partial charge in [-0.2, -0.15) is 0 Å². The summed E-state index contributed by atoms with van der Waals surface area (Å²) in [5.41, 5.74) is 0. The van der Waals surface area contributed by atoms with Gasteiger partial charge in [0.25, 0.3) is 0 Å². The van der Waals surface area contributed by atoms with E-state index in [1.165, 1.54) is 64.2 Å². The van der Waals surface area contributed by atoms with E-state index in [1.54, 1.807) is 21.1 Å². The maximum atomic E-state index is 12.7. The summed E-state index contributed by atoms with van der Waals surface area (Å²) in [4.78, 5) is 36.8. The first-order chi connectivity index (χ1) is 27.6. The molecule has 0 radical (unpaired) electrons.